The van der Waals surface area contributed by atoms with Gasteiger partial charge in [0.2, 0.25) is 5.91 Å². The highest BCUT2D eigenvalue weighted by Gasteiger charge is 2.35. The van der Waals surface area contributed by atoms with Gasteiger partial charge in [-0.2, -0.15) is 0 Å². The predicted molar refractivity (Wildman–Crippen MR) is 134 cm³/mol. The third kappa shape index (κ3) is 6.21. The first-order valence-corrected chi connectivity index (χ1v) is 12.0. The lowest BCUT2D eigenvalue weighted by Gasteiger charge is -2.29. The maximum Gasteiger partial charge on any atom is 0.410 e. The molecule has 2 N–H and O–H groups in total. The number of hydrogen-bond acceptors (Lipinski definition) is 5. The van der Waals surface area contributed by atoms with Crippen molar-refractivity contribution >= 4 is 17.9 Å². The zero-order valence-corrected chi connectivity index (χ0v) is 21.8. The molecule has 35 heavy (non-hydrogen) atoms. The summed E-state index contributed by atoms with van der Waals surface area (Å²) in [6.45, 7) is 12.5. The van der Waals surface area contributed by atoms with E-state index in [0.29, 0.717) is 31.9 Å². The molecule has 3 amide bonds. The molecule has 0 saturated carbocycles. The zero-order chi connectivity index (χ0) is 26.0. The SMILES string of the molecule is CNC(=O)C(NC(=O)c1nc(-c2ccccc2)n2c1CCN(C(=O)OC(C)(C)C)CC2)C(C)(C)C. The number of amides is 3. The molecule has 0 aliphatic carbocycles. The van der Waals surface area contributed by atoms with Crippen LogP contribution in [0.4, 0.5) is 4.79 Å². The quantitative estimate of drug-likeness (QED) is 0.695. The Bertz CT molecular complexity index is 1080. The molecule has 9 heteroatoms. The zero-order valence-electron chi connectivity index (χ0n) is 21.8. The fourth-order valence-corrected chi connectivity index (χ4v) is 4.07. The molecule has 0 bridgehead atoms. The number of imidazole rings is 1. The maximum absolute atomic E-state index is 13.5. The largest absolute Gasteiger partial charge is 0.444 e. The normalized spacial score (nSPS) is 15.0. The summed E-state index contributed by atoms with van der Waals surface area (Å²) in [5.41, 5.74) is 0.784. The van der Waals surface area contributed by atoms with E-state index in [0.717, 1.165) is 11.3 Å². The summed E-state index contributed by atoms with van der Waals surface area (Å²) < 4.78 is 7.57. The number of hydrogen-bond donors (Lipinski definition) is 2. The van der Waals surface area contributed by atoms with E-state index in [-0.39, 0.29) is 17.7 Å². The van der Waals surface area contributed by atoms with Crippen LogP contribution in [0.15, 0.2) is 30.3 Å². The van der Waals surface area contributed by atoms with Crippen LogP contribution in [0.2, 0.25) is 0 Å². The molecule has 0 radical (unpaired) electrons. The van der Waals surface area contributed by atoms with Gasteiger partial charge >= 0.3 is 6.09 Å². The summed E-state index contributed by atoms with van der Waals surface area (Å²) in [6, 6.07) is 8.91. The fraction of sp³-hybridized carbons (Fsp3) is 0.538. The second-order valence-electron chi connectivity index (χ2n) is 10.9. The molecule has 1 atom stereocenters. The number of rotatable bonds is 4. The number of aromatic nitrogens is 2. The smallest absolute Gasteiger partial charge is 0.410 e. The second-order valence-corrected chi connectivity index (χ2v) is 10.9. The summed E-state index contributed by atoms with van der Waals surface area (Å²) in [4.78, 5) is 45.1. The molecule has 1 aliphatic heterocycles. The van der Waals surface area contributed by atoms with Gasteiger partial charge in [0.15, 0.2) is 0 Å². The van der Waals surface area contributed by atoms with Gasteiger partial charge < -0.3 is 24.8 Å². The molecular weight excluding hydrogens is 446 g/mol. The highest BCUT2D eigenvalue weighted by atomic mass is 16.6. The van der Waals surface area contributed by atoms with Crippen LogP contribution in [0, 0.1) is 5.41 Å². The molecule has 3 rings (SSSR count). The van der Waals surface area contributed by atoms with Gasteiger partial charge in [0.25, 0.3) is 5.91 Å². The van der Waals surface area contributed by atoms with Gasteiger partial charge in [-0.1, -0.05) is 51.1 Å². The van der Waals surface area contributed by atoms with Gasteiger partial charge in [0.1, 0.15) is 23.2 Å². The molecular formula is C26H37N5O4. The molecule has 1 aromatic carbocycles. The third-order valence-electron chi connectivity index (χ3n) is 5.83. The van der Waals surface area contributed by atoms with E-state index in [4.69, 9.17) is 9.72 Å². The lowest BCUT2D eigenvalue weighted by Crippen LogP contribution is -2.53. The van der Waals surface area contributed by atoms with Crippen LogP contribution in [0.5, 0.6) is 0 Å². The molecule has 1 unspecified atom stereocenters. The molecule has 1 aromatic heterocycles. The summed E-state index contributed by atoms with van der Waals surface area (Å²) >= 11 is 0. The highest BCUT2D eigenvalue weighted by Crippen LogP contribution is 2.27. The Morgan fingerprint density at radius 3 is 2.23 bits per heavy atom. The van der Waals surface area contributed by atoms with Crippen LogP contribution in [0.25, 0.3) is 11.4 Å². The molecule has 9 nitrogen and oxygen atoms in total. The molecule has 0 saturated heterocycles. The first kappa shape index (κ1) is 26.2. The van der Waals surface area contributed by atoms with Crippen LogP contribution >= 0.6 is 0 Å². The van der Waals surface area contributed by atoms with Gasteiger partial charge in [-0.05, 0) is 26.2 Å². The van der Waals surface area contributed by atoms with E-state index in [2.05, 4.69) is 10.6 Å². The van der Waals surface area contributed by atoms with E-state index in [1.807, 2.05) is 76.4 Å². The van der Waals surface area contributed by atoms with Crippen LogP contribution in [0.1, 0.15) is 57.7 Å². The van der Waals surface area contributed by atoms with Crippen molar-refractivity contribution in [3.8, 4) is 11.4 Å². The second kappa shape index (κ2) is 10.1. The van der Waals surface area contributed by atoms with Gasteiger partial charge in [0, 0.05) is 38.7 Å². The first-order valence-electron chi connectivity index (χ1n) is 12.0. The number of benzene rings is 1. The Morgan fingerprint density at radius 2 is 1.66 bits per heavy atom. The number of nitrogens with zero attached hydrogens (tertiary/aromatic N) is 3. The number of likely N-dealkylation sites (N-methyl/N-ethyl adjacent to an activating group) is 1. The monoisotopic (exact) mass is 483 g/mol. The Balaban J connectivity index is 1.98. The van der Waals surface area contributed by atoms with E-state index >= 15 is 0 Å². The van der Waals surface area contributed by atoms with Crippen LogP contribution in [-0.2, 0) is 22.5 Å². The van der Waals surface area contributed by atoms with Crippen molar-refractivity contribution in [1.82, 2.24) is 25.1 Å². The molecule has 190 valence electrons. The highest BCUT2D eigenvalue weighted by molar-refractivity contribution is 5.98. The van der Waals surface area contributed by atoms with Crippen LogP contribution in [-0.4, -0.2) is 64.1 Å². The Morgan fingerprint density at radius 1 is 1.00 bits per heavy atom. The van der Waals surface area contributed by atoms with E-state index in [1.54, 1.807) is 11.9 Å². The fourth-order valence-electron chi connectivity index (χ4n) is 4.07. The minimum atomic E-state index is -0.735. The van der Waals surface area contributed by atoms with Crippen molar-refractivity contribution in [3.63, 3.8) is 0 Å². The minimum absolute atomic E-state index is 0.268. The van der Waals surface area contributed by atoms with E-state index < -0.39 is 23.0 Å². The number of nitrogens with one attached hydrogen (secondary N) is 2. The first-order chi connectivity index (χ1) is 16.3. The van der Waals surface area contributed by atoms with Crippen LogP contribution < -0.4 is 10.6 Å². The Kier molecular flexibility index (Phi) is 7.57. The lowest BCUT2D eigenvalue weighted by molar-refractivity contribution is -0.124. The molecule has 1 aliphatic rings. The number of fused-ring (bicyclic) bond motifs is 1. The molecule has 0 fully saturated rings. The van der Waals surface area contributed by atoms with Gasteiger partial charge in [0.05, 0.1) is 5.69 Å². The maximum atomic E-state index is 13.5. The molecule has 2 heterocycles. The van der Waals surface area contributed by atoms with Crippen molar-refractivity contribution in [1.29, 1.82) is 0 Å². The summed E-state index contributed by atoms with van der Waals surface area (Å²) in [5, 5.41) is 5.52. The Hall–Kier alpha value is -3.36. The number of carbonyl (C=O) groups is 3. The predicted octanol–water partition coefficient (Wildman–Crippen LogP) is 3.23. The van der Waals surface area contributed by atoms with Gasteiger partial charge in [-0.3, -0.25) is 9.59 Å². The summed E-state index contributed by atoms with van der Waals surface area (Å²) in [7, 11) is 1.55. The average Bonchev–Trinajstić information content (AvgIpc) is 2.99. The Labute approximate surface area is 207 Å². The summed E-state index contributed by atoms with van der Waals surface area (Å²) in [6.07, 6.45) is 0.0537. The number of carbonyl (C=O) groups excluding carboxylic acids is 3. The minimum Gasteiger partial charge on any atom is -0.444 e. The third-order valence-corrected chi connectivity index (χ3v) is 5.83. The average molecular weight is 484 g/mol. The van der Waals surface area contributed by atoms with Gasteiger partial charge in [-0.15, -0.1) is 0 Å². The number of ether oxygens (including phenoxy) is 1. The van der Waals surface area contributed by atoms with Gasteiger partial charge in [-0.25, -0.2) is 9.78 Å². The van der Waals surface area contributed by atoms with E-state index in [1.165, 1.54) is 0 Å². The molecule has 0 spiro atoms. The van der Waals surface area contributed by atoms with Crippen molar-refractivity contribution in [2.45, 2.75) is 66.2 Å². The van der Waals surface area contributed by atoms with Crippen molar-refractivity contribution in [2.75, 3.05) is 20.1 Å². The van der Waals surface area contributed by atoms with Crippen molar-refractivity contribution in [2.24, 2.45) is 5.41 Å². The lowest BCUT2D eigenvalue weighted by atomic mass is 9.86. The summed E-state index contributed by atoms with van der Waals surface area (Å²) in [5.74, 6) is -0.0234. The molecule has 2 aromatic rings. The topological polar surface area (TPSA) is 106 Å². The standard InChI is InChI=1S/C26H37N5O4/c1-25(2,3)20(23(33)27-7)29-22(32)19-18-13-14-30(24(34)35-26(4,5)6)15-16-31(18)21(28-19)17-11-9-8-10-12-17/h8-12,20H,13-16H2,1-7H3,(H,27,33)(H,29,32). The van der Waals surface area contributed by atoms with Crippen molar-refractivity contribution < 1.29 is 19.1 Å². The van der Waals surface area contributed by atoms with Crippen LogP contribution in [0.3, 0.4) is 0 Å². The van der Waals surface area contributed by atoms with Crippen molar-refractivity contribution in [3.05, 3.63) is 41.7 Å². The van der Waals surface area contributed by atoms with E-state index in [9.17, 15) is 14.4 Å².